The Hall–Kier alpha value is -1.30. The Bertz CT molecular complexity index is 511. The molecule has 21 heavy (non-hydrogen) atoms. The number of benzene rings is 1. The Morgan fingerprint density at radius 1 is 1.00 bits per heavy atom. The molecule has 1 aromatic carbocycles. The topological polar surface area (TPSA) is 0 Å². The summed E-state index contributed by atoms with van der Waals surface area (Å²) in [6.07, 6.45) is 11.5. The molecule has 2 fully saturated rings. The van der Waals surface area contributed by atoms with Crippen LogP contribution in [0.4, 0.5) is 0 Å². The minimum Gasteiger partial charge on any atom is -0.0836 e. The molecule has 0 spiro atoms. The molecule has 0 saturated heterocycles. The zero-order chi connectivity index (χ0) is 15.2. The lowest BCUT2D eigenvalue weighted by Crippen LogP contribution is -1.99. The average Bonchev–Trinajstić information content (AvgIpc) is 3.42. The lowest BCUT2D eigenvalue weighted by atomic mass is 9.89. The van der Waals surface area contributed by atoms with Crippen molar-refractivity contribution in [3.05, 3.63) is 53.1 Å². The summed E-state index contributed by atoms with van der Waals surface area (Å²) in [5, 5.41) is 0. The molecule has 0 heteroatoms. The molecule has 2 saturated carbocycles. The molecule has 2 aliphatic rings. The van der Waals surface area contributed by atoms with Gasteiger partial charge >= 0.3 is 0 Å². The molecule has 0 atom stereocenters. The largest absolute Gasteiger partial charge is 0.0836 e. The van der Waals surface area contributed by atoms with Crippen LogP contribution in [0.1, 0.15) is 64.5 Å². The van der Waals surface area contributed by atoms with Crippen LogP contribution in [-0.2, 0) is 6.42 Å². The highest BCUT2D eigenvalue weighted by Gasteiger charge is 2.29. The second kappa shape index (κ2) is 7.64. The molecule has 0 aromatic heterocycles. The van der Waals surface area contributed by atoms with E-state index in [0.29, 0.717) is 0 Å². The molecule has 0 amide bonds. The fraction of sp³-hybridized carbons (Fsp3) is 0.524. The van der Waals surface area contributed by atoms with Gasteiger partial charge in [-0.1, -0.05) is 50.3 Å². The van der Waals surface area contributed by atoms with Gasteiger partial charge in [-0.2, -0.15) is 0 Å². The summed E-state index contributed by atoms with van der Waals surface area (Å²) in [7, 11) is 0. The fourth-order valence-corrected chi connectivity index (χ4v) is 3.08. The van der Waals surface area contributed by atoms with Gasteiger partial charge in [-0.05, 0) is 80.1 Å². The van der Waals surface area contributed by atoms with E-state index >= 15 is 0 Å². The predicted octanol–water partition coefficient (Wildman–Crippen LogP) is 6.42. The van der Waals surface area contributed by atoms with Crippen molar-refractivity contribution in [2.45, 2.75) is 59.8 Å². The van der Waals surface area contributed by atoms with Gasteiger partial charge in [-0.3, -0.25) is 0 Å². The zero-order valence-corrected chi connectivity index (χ0v) is 14.2. The van der Waals surface area contributed by atoms with E-state index < -0.39 is 0 Å². The first kappa shape index (κ1) is 16.1. The summed E-state index contributed by atoms with van der Waals surface area (Å²) in [4.78, 5) is 0. The molecular weight excluding hydrogens is 252 g/mol. The monoisotopic (exact) mass is 282 g/mol. The van der Waals surface area contributed by atoms with Gasteiger partial charge in [0.25, 0.3) is 0 Å². The van der Waals surface area contributed by atoms with Crippen LogP contribution in [0.3, 0.4) is 0 Å². The predicted molar refractivity (Wildman–Crippen MR) is 94.4 cm³/mol. The van der Waals surface area contributed by atoms with Crippen LogP contribution in [-0.4, -0.2) is 0 Å². The molecule has 0 bridgehead atoms. The third-order valence-corrected chi connectivity index (χ3v) is 4.44. The normalized spacial score (nSPS) is 19.0. The van der Waals surface area contributed by atoms with E-state index in [1.54, 1.807) is 11.1 Å². The molecule has 0 radical (unpaired) electrons. The second-order valence-electron chi connectivity index (χ2n) is 6.03. The van der Waals surface area contributed by atoms with Crippen LogP contribution < -0.4 is 0 Å². The Kier molecular flexibility index (Phi) is 5.85. The molecule has 0 N–H and O–H groups in total. The smallest absolute Gasteiger partial charge is 0.0152 e. The fourth-order valence-electron chi connectivity index (χ4n) is 3.08. The summed E-state index contributed by atoms with van der Waals surface area (Å²) in [6.45, 7) is 8.38. The van der Waals surface area contributed by atoms with E-state index in [0.717, 1.165) is 11.8 Å². The van der Waals surface area contributed by atoms with Gasteiger partial charge in [0.05, 0.1) is 0 Å². The minimum atomic E-state index is 0.824. The van der Waals surface area contributed by atoms with Crippen molar-refractivity contribution in [1.29, 1.82) is 0 Å². The van der Waals surface area contributed by atoms with Crippen LogP contribution in [0, 0.1) is 11.8 Å². The second-order valence-corrected chi connectivity index (χ2v) is 6.03. The van der Waals surface area contributed by atoms with Gasteiger partial charge in [0.2, 0.25) is 0 Å². The van der Waals surface area contributed by atoms with Gasteiger partial charge in [0.1, 0.15) is 0 Å². The van der Waals surface area contributed by atoms with Crippen molar-refractivity contribution < 1.29 is 0 Å². The maximum atomic E-state index is 2.33. The van der Waals surface area contributed by atoms with Crippen LogP contribution >= 0.6 is 0 Å². The molecule has 114 valence electrons. The average molecular weight is 282 g/mol. The van der Waals surface area contributed by atoms with E-state index in [2.05, 4.69) is 50.3 Å². The van der Waals surface area contributed by atoms with E-state index in [-0.39, 0.29) is 0 Å². The third kappa shape index (κ3) is 4.09. The lowest BCUT2D eigenvalue weighted by molar-refractivity contribution is 0.829. The van der Waals surface area contributed by atoms with Crippen molar-refractivity contribution >= 4 is 5.57 Å². The van der Waals surface area contributed by atoms with Gasteiger partial charge in [-0.15, -0.1) is 0 Å². The standard InChI is InChI=1S/C19H24.C2H6/c1-3-17(15-11-12-15)18(4-2)19-8-6-5-7-16(19)13-14-9-10-14;1-2/h3-8,14-15H,9-13H2,1-2H3;1-2H3/b17-3-,18-4+;. The summed E-state index contributed by atoms with van der Waals surface area (Å²) in [5.41, 5.74) is 6.10. The minimum absolute atomic E-state index is 0.824. The van der Waals surface area contributed by atoms with Crippen molar-refractivity contribution in [3.63, 3.8) is 0 Å². The van der Waals surface area contributed by atoms with Crippen molar-refractivity contribution in [3.8, 4) is 0 Å². The van der Waals surface area contributed by atoms with E-state index in [9.17, 15) is 0 Å². The molecule has 0 unspecified atom stereocenters. The third-order valence-electron chi connectivity index (χ3n) is 4.44. The lowest BCUT2D eigenvalue weighted by Gasteiger charge is -2.16. The molecule has 0 nitrogen and oxygen atoms in total. The van der Waals surface area contributed by atoms with Gasteiger partial charge in [-0.25, -0.2) is 0 Å². The number of hydrogen-bond acceptors (Lipinski definition) is 0. The van der Waals surface area contributed by atoms with Crippen LogP contribution in [0.2, 0.25) is 0 Å². The molecule has 2 aliphatic carbocycles. The highest BCUT2D eigenvalue weighted by atomic mass is 14.3. The van der Waals surface area contributed by atoms with Crippen molar-refractivity contribution in [2.75, 3.05) is 0 Å². The summed E-state index contributed by atoms with van der Waals surface area (Å²) < 4.78 is 0. The van der Waals surface area contributed by atoms with E-state index in [1.807, 2.05) is 13.8 Å². The first-order valence-corrected chi connectivity index (χ1v) is 8.74. The Balaban J connectivity index is 0.000000774. The molecular formula is C21H30. The molecule has 0 aliphatic heterocycles. The van der Waals surface area contributed by atoms with Crippen LogP contribution in [0.5, 0.6) is 0 Å². The quantitative estimate of drug-likeness (QED) is 0.546. The highest BCUT2D eigenvalue weighted by Crippen LogP contribution is 2.44. The van der Waals surface area contributed by atoms with E-state index in [4.69, 9.17) is 0 Å². The van der Waals surface area contributed by atoms with Gasteiger partial charge in [0, 0.05) is 0 Å². The number of allylic oxidation sites excluding steroid dienone is 4. The first-order chi connectivity index (χ1) is 10.3. The Labute approximate surface area is 131 Å². The van der Waals surface area contributed by atoms with Crippen LogP contribution in [0.15, 0.2) is 42.0 Å². The summed E-state index contributed by atoms with van der Waals surface area (Å²) in [6, 6.07) is 9.03. The zero-order valence-electron chi connectivity index (χ0n) is 14.2. The molecule has 0 heterocycles. The molecule has 3 rings (SSSR count). The highest BCUT2D eigenvalue weighted by molar-refractivity contribution is 5.81. The van der Waals surface area contributed by atoms with Gasteiger partial charge in [0.15, 0.2) is 0 Å². The maximum Gasteiger partial charge on any atom is -0.0152 e. The Morgan fingerprint density at radius 2 is 1.67 bits per heavy atom. The van der Waals surface area contributed by atoms with Crippen molar-refractivity contribution in [2.24, 2.45) is 11.8 Å². The van der Waals surface area contributed by atoms with Gasteiger partial charge < -0.3 is 0 Å². The maximum absolute atomic E-state index is 2.33. The van der Waals surface area contributed by atoms with E-state index in [1.165, 1.54) is 43.2 Å². The summed E-state index contributed by atoms with van der Waals surface area (Å²) >= 11 is 0. The van der Waals surface area contributed by atoms with Crippen molar-refractivity contribution in [1.82, 2.24) is 0 Å². The SMILES string of the molecule is C/C=C(\C(=C/C)c1ccccc1CC1CC1)C1CC1.CC. The summed E-state index contributed by atoms with van der Waals surface area (Å²) in [5.74, 6) is 1.78. The number of hydrogen-bond donors (Lipinski definition) is 0. The first-order valence-electron chi connectivity index (χ1n) is 8.74. The number of rotatable bonds is 5. The Morgan fingerprint density at radius 3 is 2.19 bits per heavy atom. The van der Waals surface area contributed by atoms with Crippen LogP contribution in [0.25, 0.3) is 5.57 Å². The molecule has 1 aromatic rings.